The topological polar surface area (TPSA) is 75.6 Å². The summed E-state index contributed by atoms with van der Waals surface area (Å²) in [5.74, 6) is 1.63. The predicted molar refractivity (Wildman–Crippen MR) is 92.2 cm³/mol. The van der Waals surface area contributed by atoms with Gasteiger partial charge in [0, 0.05) is 36.3 Å². The van der Waals surface area contributed by atoms with E-state index in [4.69, 9.17) is 9.97 Å². The standard InChI is InChI=1S/C18H18N6/c1-2-7-21-14(3-1)11-22-18-15-6-10-20-12-16(15)23-17(24-18)13-4-8-19-9-5-13/h1-5,7-9,20H,6,10-12H2,(H,22,23,24). The summed E-state index contributed by atoms with van der Waals surface area (Å²) in [5.41, 5.74) is 4.22. The summed E-state index contributed by atoms with van der Waals surface area (Å²) in [6, 6.07) is 9.78. The molecule has 0 radical (unpaired) electrons. The monoisotopic (exact) mass is 318 g/mol. The van der Waals surface area contributed by atoms with Crippen LogP contribution in [0.3, 0.4) is 0 Å². The van der Waals surface area contributed by atoms with Crippen LogP contribution in [0.15, 0.2) is 48.9 Å². The Morgan fingerprint density at radius 3 is 2.79 bits per heavy atom. The van der Waals surface area contributed by atoms with Crippen molar-refractivity contribution in [2.45, 2.75) is 19.5 Å². The maximum Gasteiger partial charge on any atom is 0.161 e. The van der Waals surface area contributed by atoms with Crippen molar-refractivity contribution in [1.29, 1.82) is 0 Å². The molecular formula is C18H18N6. The minimum atomic E-state index is 0.646. The van der Waals surface area contributed by atoms with Gasteiger partial charge in [-0.1, -0.05) is 6.07 Å². The zero-order chi connectivity index (χ0) is 16.2. The number of hydrogen-bond acceptors (Lipinski definition) is 6. The van der Waals surface area contributed by atoms with Crippen LogP contribution in [0.5, 0.6) is 0 Å². The molecule has 3 aromatic heterocycles. The normalized spacial score (nSPS) is 13.3. The summed E-state index contributed by atoms with van der Waals surface area (Å²) in [7, 11) is 0. The van der Waals surface area contributed by atoms with Crippen molar-refractivity contribution in [2.24, 2.45) is 0 Å². The van der Waals surface area contributed by atoms with Crippen molar-refractivity contribution in [3.05, 3.63) is 65.9 Å². The number of pyridine rings is 2. The number of hydrogen-bond donors (Lipinski definition) is 2. The van der Waals surface area contributed by atoms with Gasteiger partial charge in [0.15, 0.2) is 5.82 Å². The molecule has 0 unspecified atom stereocenters. The fraction of sp³-hybridized carbons (Fsp3) is 0.222. The maximum atomic E-state index is 4.77. The van der Waals surface area contributed by atoms with Gasteiger partial charge >= 0.3 is 0 Å². The molecule has 4 rings (SSSR count). The van der Waals surface area contributed by atoms with E-state index in [-0.39, 0.29) is 0 Å². The van der Waals surface area contributed by atoms with E-state index in [1.165, 1.54) is 5.56 Å². The average molecular weight is 318 g/mol. The smallest absolute Gasteiger partial charge is 0.161 e. The van der Waals surface area contributed by atoms with E-state index in [2.05, 4.69) is 20.6 Å². The van der Waals surface area contributed by atoms with Gasteiger partial charge in [0.1, 0.15) is 5.82 Å². The molecule has 3 aromatic rings. The summed E-state index contributed by atoms with van der Waals surface area (Å²) in [6.45, 7) is 2.37. The molecule has 0 saturated carbocycles. The highest BCUT2D eigenvalue weighted by molar-refractivity contribution is 5.59. The lowest BCUT2D eigenvalue weighted by Gasteiger charge is -2.20. The molecule has 0 fully saturated rings. The van der Waals surface area contributed by atoms with Gasteiger partial charge in [0.05, 0.1) is 17.9 Å². The Kier molecular flexibility index (Phi) is 4.12. The number of fused-ring (bicyclic) bond motifs is 1. The summed E-state index contributed by atoms with van der Waals surface area (Å²) in [4.78, 5) is 17.9. The second-order valence-electron chi connectivity index (χ2n) is 5.66. The van der Waals surface area contributed by atoms with Crippen molar-refractivity contribution in [1.82, 2.24) is 25.3 Å². The Labute approximate surface area is 140 Å². The molecule has 0 saturated heterocycles. The Bertz CT molecular complexity index is 820. The first-order chi connectivity index (χ1) is 11.9. The zero-order valence-electron chi connectivity index (χ0n) is 13.2. The maximum absolute atomic E-state index is 4.77. The van der Waals surface area contributed by atoms with Crippen LogP contribution in [-0.4, -0.2) is 26.5 Å². The SMILES string of the molecule is c1ccc(CNc2nc(-c3ccncc3)nc3c2CCNC3)nc1. The summed E-state index contributed by atoms with van der Waals surface area (Å²) >= 11 is 0. The molecular weight excluding hydrogens is 300 g/mol. The molecule has 0 amide bonds. The summed E-state index contributed by atoms with van der Waals surface area (Å²) < 4.78 is 0. The van der Waals surface area contributed by atoms with E-state index in [0.717, 1.165) is 48.1 Å². The van der Waals surface area contributed by atoms with E-state index in [1.54, 1.807) is 18.6 Å². The van der Waals surface area contributed by atoms with Gasteiger partial charge in [-0.3, -0.25) is 9.97 Å². The zero-order valence-corrected chi connectivity index (χ0v) is 13.2. The molecule has 0 bridgehead atoms. The third kappa shape index (κ3) is 3.09. The van der Waals surface area contributed by atoms with Crippen molar-refractivity contribution < 1.29 is 0 Å². The van der Waals surface area contributed by atoms with Crippen molar-refractivity contribution in [2.75, 3.05) is 11.9 Å². The minimum absolute atomic E-state index is 0.646. The largest absolute Gasteiger partial charge is 0.364 e. The lowest BCUT2D eigenvalue weighted by Crippen LogP contribution is -2.26. The van der Waals surface area contributed by atoms with E-state index in [9.17, 15) is 0 Å². The van der Waals surface area contributed by atoms with E-state index in [1.807, 2.05) is 30.3 Å². The molecule has 24 heavy (non-hydrogen) atoms. The number of anilines is 1. The van der Waals surface area contributed by atoms with Crippen LogP contribution in [0, 0.1) is 0 Å². The first-order valence-corrected chi connectivity index (χ1v) is 8.05. The second-order valence-corrected chi connectivity index (χ2v) is 5.66. The third-order valence-electron chi connectivity index (χ3n) is 4.04. The molecule has 0 aliphatic carbocycles. The first kappa shape index (κ1) is 14.7. The number of nitrogens with one attached hydrogen (secondary N) is 2. The fourth-order valence-electron chi connectivity index (χ4n) is 2.81. The summed E-state index contributed by atoms with van der Waals surface area (Å²) in [5, 5.41) is 6.82. The van der Waals surface area contributed by atoms with Gasteiger partial charge in [-0.05, 0) is 37.2 Å². The molecule has 2 N–H and O–H groups in total. The Balaban J connectivity index is 1.68. The highest BCUT2D eigenvalue weighted by Gasteiger charge is 2.18. The quantitative estimate of drug-likeness (QED) is 0.768. The lowest BCUT2D eigenvalue weighted by molar-refractivity contribution is 0.625. The fourth-order valence-corrected chi connectivity index (χ4v) is 2.81. The second kappa shape index (κ2) is 6.72. The average Bonchev–Trinajstić information content (AvgIpc) is 2.67. The van der Waals surface area contributed by atoms with Gasteiger partial charge < -0.3 is 10.6 Å². The van der Waals surface area contributed by atoms with Crippen LogP contribution in [-0.2, 0) is 19.5 Å². The molecule has 0 aromatic carbocycles. The van der Waals surface area contributed by atoms with Crippen molar-refractivity contribution >= 4 is 5.82 Å². The predicted octanol–water partition coefficient (Wildman–Crippen LogP) is 2.19. The van der Waals surface area contributed by atoms with E-state index >= 15 is 0 Å². The van der Waals surface area contributed by atoms with Crippen LogP contribution < -0.4 is 10.6 Å². The Morgan fingerprint density at radius 1 is 1.04 bits per heavy atom. The summed E-state index contributed by atoms with van der Waals surface area (Å²) in [6.07, 6.45) is 6.25. The van der Waals surface area contributed by atoms with Crippen molar-refractivity contribution in [3.63, 3.8) is 0 Å². The number of rotatable bonds is 4. The molecule has 1 aliphatic heterocycles. The van der Waals surface area contributed by atoms with Gasteiger partial charge in [-0.15, -0.1) is 0 Å². The van der Waals surface area contributed by atoms with Crippen LogP contribution in [0.25, 0.3) is 11.4 Å². The van der Waals surface area contributed by atoms with Gasteiger partial charge in [-0.2, -0.15) is 0 Å². The Hall–Kier alpha value is -2.86. The van der Waals surface area contributed by atoms with Crippen LogP contribution >= 0.6 is 0 Å². The first-order valence-electron chi connectivity index (χ1n) is 8.05. The molecule has 6 heteroatoms. The van der Waals surface area contributed by atoms with Gasteiger partial charge in [0.2, 0.25) is 0 Å². The lowest BCUT2D eigenvalue weighted by atomic mass is 10.1. The third-order valence-corrected chi connectivity index (χ3v) is 4.04. The highest BCUT2D eigenvalue weighted by atomic mass is 15.1. The van der Waals surface area contributed by atoms with Crippen LogP contribution in [0.2, 0.25) is 0 Å². The Morgan fingerprint density at radius 2 is 1.96 bits per heavy atom. The van der Waals surface area contributed by atoms with E-state index in [0.29, 0.717) is 6.54 Å². The van der Waals surface area contributed by atoms with E-state index < -0.39 is 0 Å². The number of nitrogens with zero attached hydrogens (tertiary/aromatic N) is 4. The molecule has 120 valence electrons. The van der Waals surface area contributed by atoms with Crippen LogP contribution in [0.1, 0.15) is 17.0 Å². The molecule has 0 atom stereocenters. The van der Waals surface area contributed by atoms with Crippen molar-refractivity contribution in [3.8, 4) is 11.4 Å². The minimum Gasteiger partial charge on any atom is -0.364 e. The van der Waals surface area contributed by atoms with Gasteiger partial charge in [0.25, 0.3) is 0 Å². The van der Waals surface area contributed by atoms with Gasteiger partial charge in [-0.25, -0.2) is 9.97 Å². The highest BCUT2D eigenvalue weighted by Crippen LogP contribution is 2.24. The molecule has 6 nitrogen and oxygen atoms in total. The molecule has 1 aliphatic rings. The number of aromatic nitrogens is 4. The molecule has 0 spiro atoms. The molecule has 4 heterocycles. The van der Waals surface area contributed by atoms with Crippen LogP contribution in [0.4, 0.5) is 5.82 Å².